The van der Waals surface area contributed by atoms with Gasteiger partial charge in [-0.2, -0.15) is 8.78 Å². The van der Waals surface area contributed by atoms with Gasteiger partial charge in [-0.1, -0.05) is 11.3 Å². The molecule has 0 spiro atoms. The molecule has 142 valence electrons. The molecule has 0 aliphatic heterocycles. The predicted molar refractivity (Wildman–Crippen MR) is 91.4 cm³/mol. The number of halogens is 3. The molecule has 0 aliphatic rings. The molecule has 4 rings (SSSR count). The maximum absolute atomic E-state index is 14.4. The van der Waals surface area contributed by atoms with E-state index in [9.17, 15) is 13.2 Å². The number of anilines is 1. The smallest absolute Gasteiger partial charge is 0.314 e. The second-order valence-electron chi connectivity index (χ2n) is 5.83. The van der Waals surface area contributed by atoms with E-state index in [-0.39, 0.29) is 18.0 Å². The quantitative estimate of drug-likeness (QED) is 0.560. The standard InChI is InChI=1S/C17H12F3N7O/c18-12-5-9(1-3-11(12)16-24-25-17(28-16)15(19)20)7-27-8-13(23-26-27)10-2-4-14(21)22-6-10/h1-6,8,15H,7H2,(H2,21,22). The predicted octanol–water partition coefficient (Wildman–Crippen LogP) is 3.10. The normalized spacial score (nSPS) is 11.3. The molecule has 0 atom stereocenters. The van der Waals surface area contributed by atoms with Crippen molar-refractivity contribution >= 4 is 5.82 Å². The van der Waals surface area contributed by atoms with Gasteiger partial charge in [0, 0.05) is 11.8 Å². The van der Waals surface area contributed by atoms with Gasteiger partial charge in [0.2, 0.25) is 0 Å². The van der Waals surface area contributed by atoms with Gasteiger partial charge in [0.15, 0.2) is 0 Å². The molecule has 0 saturated carbocycles. The molecule has 0 saturated heterocycles. The second kappa shape index (κ2) is 7.10. The summed E-state index contributed by atoms with van der Waals surface area (Å²) < 4.78 is 45.7. The van der Waals surface area contributed by atoms with Crippen molar-refractivity contribution in [2.75, 3.05) is 5.73 Å². The first-order valence-corrected chi connectivity index (χ1v) is 8.02. The maximum atomic E-state index is 14.4. The van der Waals surface area contributed by atoms with E-state index >= 15 is 0 Å². The van der Waals surface area contributed by atoms with Gasteiger partial charge in [-0.15, -0.1) is 15.3 Å². The molecule has 0 amide bonds. The Hall–Kier alpha value is -3.76. The van der Waals surface area contributed by atoms with Crippen LogP contribution in [0.2, 0.25) is 0 Å². The van der Waals surface area contributed by atoms with Gasteiger partial charge in [0.05, 0.1) is 18.3 Å². The lowest BCUT2D eigenvalue weighted by Gasteiger charge is -2.04. The molecule has 3 aromatic heterocycles. The number of nitrogens with zero attached hydrogens (tertiary/aromatic N) is 6. The van der Waals surface area contributed by atoms with Crippen LogP contribution in [0.5, 0.6) is 0 Å². The Kier molecular flexibility index (Phi) is 4.47. The highest BCUT2D eigenvalue weighted by molar-refractivity contribution is 5.58. The van der Waals surface area contributed by atoms with Crippen molar-refractivity contribution in [3.63, 3.8) is 0 Å². The topological polar surface area (TPSA) is 109 Å². The first kappa shape index (κ1) is 17.6. The molecule has 3 heterocycles. The van der Waals surface area contributed by atoms with Gasteiger partial charge in [-0.3, -0.25) is 0 Å². The number of rotatable bonds is 5. The van der Waals surface area contributed by atoms with Crippen molar-refractivity contribution in [2.24, 2.45) is 0 Å². The average molecular weight is 387 g/mol. The van der Waals surface area contributed by atoms with Gasteiger partial charge in [-0.25, -0.2) is 14.1 Å². The largest absolute Gasteiger partial charge is 0.415 e. The van der Waals surface area contributed by atoms with Crippen LogP contribution in [0.15, 0.2) is 47.1 Å². The van der Waals surface area contributed by atoms with Crippen LogP contribution in [-0.4, -0.2) is 30.2 Å². The molecule has 4 aromatic rings. The zero-order chi connectivity index (χ0) is 19.7. The zero-order valence-corrected chi connectivity index (χ0v) is 14.1. The molecule has 0 radical (unpaired) electrons. The average Bonchev–Trinajstić information content (AvgIpc) is 3.32. The third-order valence-corrected chi connectivity index (χ3v) is 3.86. The van der Waals surface area contributed by atoms with E-state index in [2.05, 4.69) is 25.5 Å². The minimum Gasteiger partial charge on any atom is -0.415 e. The fourth-order valence-electron chi connectivity index (χ4n) is 2.51. The number of nitrogen functional groups attached to an aromatic ring is 1. The van der Waals surface area contributed by atoms with Crippen LogP contribution in [-0.2, 0) is 6.54 Å². The van der Waals surface area contributed by atoms with Crippen LogP contribution in [0.1, 0.15) is 17.9 Å². The lowest BCUT2D eigenvalue weighted by Crippen LogP contribution is -2.01. The summed E-state index contributed by atoms with van der Waals surface area (Å²) >= 11 is 0. The summed E-state index contributed by atoms with van der Waals surface area (Å²) in [4.78, 5) is 4.00. The molecule has 0 fully saturated rings. The maximum Gasteiger partial charge on any atom is 0.314 e. The number of hydrogen-bond donors (Lipinski definition) is 1. The molecule has 28 heavy (non-hydrogen) atoms. The molecular formula is C17H12F3N7O. The van der Waals surface area contributed by atoms with Crippen LogP contribution >= 0.6 is 0 Å². The van der Waals surface area contributed by atoms with Crippen molar-refractivity contribution < 1.29 is 17.6 Å². The van der Waals surface area contributed by atoms with Crippen LogP contribution in [0.25, 0.3) is 22.7 Å². The number of benzene rings is 1. The van der Waals surface area contributed by atoms with E-state index in [4.69, 9.17) is 10.2 Å². The number of pyridine rings is 1. The van der Waals surface area contributed by atoms with E-state index < -0.39 is 18.1 Å². The summed E-state index contributed by atoms with van der Waals surface area (Å²) in [5.74, 6) is -1.44. The van der Waals surface area contributed by atoms with Crippen molar-refractivity contribution in [3.05, 3.63) is 60.0 Å². The summed E-state index contributed by atoms with van der Waals surface area (Å²) in [7, 11) is 0. The first-order valence-electron chi connectivity index (χ1n) is 8.02. The third kappa shape index (κ3) is 3.54. The molecule has 2 N–H and O–H groups in total. The van der Waals surface area contributed by atoms with E-state index in [1.165, 1.54) is 16.8 Å². The fraction of sp³-hybridized carbons (Fsp3) is 0.118. The third-order valence-electron chi connectivity index (χ3n) is 3.86. The summed E-state index contributed by atoms with van der Waals surface area (Å²) in [5, 5.41) is 14.7. The minimum atomic E-state index is -2.92. The van der Waals surface area contributed by atoms with Gasteiger partial charge in [-0.05, 0) is 29.8 Å². The molecule has 8 nitrogen and oxygen atoms in total. The molecule has 0 bridgehead atoms. The Morgan fingerprint density at radius 2 is 1.96 bits per heavy atom. The summed E-state index contributed by atoms with van der Waals surface area (Å²) in [6, 6.07) is 7.66. The van der Waals surface area contributed by atoms with Crippen molar-refractivity contribution in [1.82, 2.24) is 30.2 Å². The Morgan fingerprint density at radius 1 is 1.11 bits per heavy atom. The van der Waals surface area contributed by atoms with Crippen LogP contribution in [0.4, 0.5) is 19.0 Å². The summed E-state index contributed by atoms with van der Waals surface area (Å²) in [5.41, 5.74) is 7.42. The van der Waals surface area contributed by atoms with E-state index in [0.29, 0.717) is 17.1 Å². The van der Waals surface area contributed by atoms with Gasteiger partial charge in [0.25, 0.3) is 11.8 Å². The highest BCUT2D eigenvalue weighted by Crippen LogP contribution is 2.26. The highest BCUT2D eigenvalue weighted by Gasteiger charge is 2.19. The minimum absolute atomic E-state index is 0.0598. The van der Waals surface area contributed by atoms with Crippen LogP contribution < -0.4 is 5.73 Å². The SMILES string of the molecule is Nc1ccc(-c2cn(Cc3ccc(-c4nnc(C(F)F)o4)c(F)c3)nn2)cn1. The number of alkyl halides is 2. The van der Waals surface area contributed by atoms with Gasteiger partial charge < -0.3 is 10.2 Å². The van der Waals surface area contributed by atoms with E-state index in [1.54, 1.807) is 30.6 Å². The highest BCUT2D eigenvalue weighted by atomic mass is 19.3. The second-order valence-corrected chi connectivity index (χ2v) is 5.83. The zero-order valence-electron chi connectivity index (χ0n) is 14.1. The molecule has 0 unspecified atom stereocenters. The molecule has 0 aliphatic carbocycles. The van der Waals surface area contributed by atoms with Crippen molar-refractivity contribution in [1.29, 1.82) is 0 Å². The van der Waals surface area contributed by atoms with E-state index in [1.807, 2.05) is 0 Å². The fourth-order valence-corrected chi connectivity index (χ4v) is 2.51. The van der Waals surface area contributed by atoms with Crippen LogP contribution in [0, 0.1) is 5.82 Å². The number of aromatic nitrogens is 6. The van der Waals surface area contributed by atoms with Crippen molar-refractivity contribution in [3.8, 4) is 22.7 Å². The Labute approximate surface area is 155 Å². The monoisotopic (exact) mass is 387 g/mol. The lowest BCUT2D eigenvalue weighted by atomic mass is 10.1. The lowest BCUT2D eigenvalue weighted by molar-refractivity contribution is 0.116. The summed E-state index contributed by atoms with van der Waals surface area (Å²) in [6.07, 6.45) is 0.351. The molecule has 1 aromatic carbocycles. The van der Waals surface area contributed by atoms with Gasteiger partial charge >= 0.3 is 6.43 Å². The molecule has 11 heteroatoms. The summed E-state index contributed by atoms with van der Waals surface area (Å²) in [6.45, 7) is 0.249. The van der Waals surface area contributed by atoms with Crippen molar-refractivity contribution in [2.45, 2.75) is 13.0 Å². The first-order chi connectivity index (χ1) is 13.5. The van der Waals surface area contributed by atoms with E-state index in [0.717, 1.165) is 5.56 Å². The Balaban J connectivity index is 1.53. The number of hydrogen-bond acceptors (Lipinski definition) is 7. The van der Waals surface area contributed by atoms with Crippen LogP contribution in [0.3, 0.4) is 0 Å². The molecular weight excluding hydrogens is 375 g/mol. The number of nitrogens with two attached hydrogens (primary N) is 1. The van der Waals surface area contributed by atoms with Gasteiger partial charge in [0.1, 0.15) is 17.3 Å². The Bertz CT molecular complexity index is 1110. The Morgan fingerprint density at radius 3 is 2.64 bits per heavy atom.